The molecule has 10 heteroatoms. The molecule has 7 nitrogen and oxygen atoms in total. The van der Waals surface area contributed by atoms with E-state index in [1.807, 2.05) is 0 Å². The number of hydrogen-bond donors (Lipinski definition) is 1. The molecule has 1 fully saturated rings. The molecule has 0 aliphatic carbocycles. The largest absolute Gasteiger partial charge is 0.593 e. The normalized spacial score (nSPS) is 16.0. The van der Waals surface area contributed by atoms with E-state index in [0.717, 1.165) is 6.42 Å². The van der Waals surface area contributed by atoms with Crippen LogP contribution in [0.15, 0.2) is 48.8 Å². The second-order valence-electron chi connectivity index (χ2n) is 6.73. The molecule has 4 rings (SSSR count). The van der Waals surface area contributed by atoms with Gasteiger partial charge < -0.3 is 14.6 Å². The van der Waals surface area contributed by atoms with E-state index in [0.29, 0.717) is 45.2 Å². The predicted octanol–water partition coefficient (Wildman–Crippen LogP) is 4.65. The molecule has 1 atom stereocenters. The number of hydrogen-bond acceptors (Lipinski definition) is 5. The fourth-order valence-electron chi connectivity index (χ4n) is 3.11. The maximum Gasteiger partial charge on any atom is 0.257 e. The Morgan fingerprint density at radius 3 is 2.77 bits per heavy atom. The van der Waals surface area contributed by atoms with Crippen molar-refractivity contribution >= 4 is 51.8 Å². The maximum absolute atomic E-state index is 12.9. The van der Waals surface area contributed by atoms with E-state index >= 15 is 0 Å². The first-order valence-corrected chi connectivity index (χ1v) is 11.2. The van der Waals surface area contributed by atoms with Gasteiger partial charge in [0.25, 0.3) is 5.91 Å². The Labute approximate surface area is 186 Å². The van der Waals surface area contributed by atoms with E-state index in [9.17, 15) is 9.35 Å². The smallest absolute Gasteiger partial charge is 0.257 e. The molecule has 156 valence electrons. The van der Waals surface area contributed by atoms with Crippen LogP contribution >= 0.6 is 23.2 Å². The number of carbonyl (C=O) groups is 1. The summed E-state index contributed by atoms with van der Waals surface area (Å²) < 4.78 is 21.3. The second-order valence-corrected chi connectivity index (χ2v) is 9.06. The fraction of sp³-hybridized carbons (Fsp3) is 0.200. The molecular formula is C20H18Cl2N4O3S. The maximum atomic E-state index is 12.9. The van der Waals surface area contributed by atoms with Gasteiger partial charge in [-0.1, -0.05) is 23.2 Å². The molecule has 1 saturated heterocycles. The molecule has 0 bridgehead atoms. The van der Waals surface area contributed by atoms with E-state index in [1.165, 1.54) is 0 Å². The van der Waals surface area contributed by atoms with Gasteiger partial charge in [-0.2, -0.15) is 9.40 Å². The summed E-state index contributed by atoms with van der Waals surface area (Å²) in [6.45, 7) is 0.679. The minimum absolute atomic E-state index is 0.285. The second kappa shape index (κ2) is 8.77. The molecule has 1 aromatic heterocycles. The number of benzene rings is 2. The molecule has 1 unspecified atom stereocenters. The number of anilines is 2. The Balaban J connectivity index is 1.55. The number of carbonyl (C=O) groups excluding carboxylic acids is 1. The van der Waals surface area contributed by atoms with Crippen LogP contribution in [0.2, 0.25) is 10.0 Å². The standard InChI is InChI=1S/C20H18Cl2N4O3S/c1-25-12-17(11-23-25)29-16-8-13(21)7-14(9-16)24-20(27)18-10-15(3-4-19(18)22)26-5-2-6-30(26)28/h3-4,7-12H,2,5-6H2,1H3,(H,24,27). The van der Waals surface area contributed by atoms with E-state index in [2.05, 4.69) is 10.4 Å². The molecule has 3 aromatic rings. The van der Waals surface area contributed by atoms with Gasteiger partial charge in [0.1, 0.15) is 11.5 Å². The van der Waals surface area contributed by atoms with Crippen molar-refractivity contribution in [1.82, 2.24) is 9.78 Å². The van der Waals surface area contributed by atoms with Crippen LogP contribution in [0.25, 0.3) is 0 Å². The van der Waals surface area contributed by atoms with Crippen LogP contribution in [-0.2, 0) is 18.4 Å². The SMILES string of the molecule is Cn1cc(Oc2cc(Cl)cc(NC(=O)c3cc(N4CCC[S+]4[O-])ccc3Cl)c2)cn1. The highest BCUT2D eigenvalue weighted by Gasteiger charge is 2.28. The minimum atomic E-state index is -1.08. The summed E-state index contributed by atoms with van der Waals surface area (Å²) in [5.74, 6) is 1.22. The van der Waals surface area contributed by atoms with Crippen molar-refractivity contribution in [1.29, 1.82) is 0 Å². The van der Waals surface area contributed by atoms with Gasteiger partial charge in [0, 0.05) is 30.2 Å². The summed E-state index contributed by atoms with van der Waals surface area (Å²) >= 11 is 11.4. The Hall–Kier alpha value is -2.39. The van der Waals surface area contributed by atoms with E-state index in [4.69, 9.17) is 27.9 Å². The lowest BCUT2D eigenvalue weighted by molar-refractivity contribution is 0.102. The van der Waals surface area contributed by atoms with Crippen LogP contribution in [-0.4, -0.2) is 32.5 Å². The molecule has 2 heterocycles. The van der Waals surface area contributed by atoms with E-state index in [1.54, 1.807) is 64.8 Å². The van der Waals surface area contributed by atoms with Crippen LogP contribution < -0.4 is 14.4 Å². The van der Waals surface area contributed by atoms with Gasteiger partial charge >= 0.3 is 0 Å². The van der Waals surface area contributed by atoms with Crippen molar-refractivity contribution in [3.05, 3.63) is 64.4 Å². The number of halogens is 2. The average Bonchev–Trinajstić information content (AvgIpc) is 3.29. The molecular weight excluding hydrogens is 447 g/mol. The number of amides is 1. The van der Waals surface area contributed by atoms with Gasteiger partial charge in [-0.25, -0.2) is 0 Å². The van der Waals surface area contributed by atoms with Crippen LogP contribution in [0.5, 0.6) is 11.5 Å². The van der Waals surface area contributed by atoms with E-state index < -0.39 is 17.3 Å². The zero-order valence-corrected chi connectivity index (χ0v) is 18.3. The Bertz CT molecular complexity index is 1090. The lowest BCUT2D eigenvalue weighted by Crippen LogP contribution is -2.25. The van der Waals surface area contributed by atoms with Crippen molar-refractivity contribution in [3.63, 3.8) is 0 Å². The lowest BCUT2D eigenvalue weighted by atomic mass is 10.1. The zero-order valence-electron chi connectivity index (χ0n) is 16.0. The number of nitrogens with one attached hydrogen (secondary N) is 1. The summed E-state index contributed by atoms with van der Waals surface area (Å²) in [4.78, 5) is 12.9. The first-order chi connectivity index (χ1) is 14.4. The van der Waals surface area contributed by atoms with Crippen molar-refractivity contribution < 1.29 is 14.1 Å². The third-order valence-corrected chi connectivity index (χ3v) is 6.53. The third kappa shape index (κ3) is 4.67. The summed E-state index contributed by atoms with van der Waals surface area (Å²) in [6.07, 6.45) is 4.14. The van der Waals surface area contributed by atoms with Gasteiger partial charge in [0.05, 0.1) is 46.6 Å². The van der Waals surface area contributed by atoms with Gasteiger partial charge in [0.15, 0.2) is 5.75 Å². The third-order valence-electron chi connectivity index (χ3n) is 4.45. The van der Waals surface area contributed by atoms with Gasteiger partial charge in [0.2, 0.25) is 0 Å². The molecule has 1 amide bonds. The van der Waals surface area contributed by atoms with Crippen molar-refractivity contribution in [2.75, 3.05) is 21.9 Å². The molecule has 1 N–H and O–H groups in total. The summed E-state index contributed by atoms with van der Waals surface area (Å²) in [5.41, 5.74) is 1.44. The van der Waals surface area contributed by atoms with Crippen molar-refractivity contribution in [2.24, 2.45) is 7.05 Å². The topological polar surface area (TPSA) is 82.5 Å². The zero-order chi connectivity index (χ0) is 21.3. The molecule has 2 aromatic carbocycles. The summed E-state index contributed by atoms with van der Waals surface area (Å²) in [7, 11) is 1.78. The van der Waals surface area contributed by atoms with Crippen molar-refractivity contribution in [3.8, 4) is 11.5 Å². The molecule has 0 spiro atoms. The van der Waals surface area contributed by atoms with Crippen LogP contribution in [0.1, 0.15) is 16.8 Å². The number of rotatable bonds is 5. The minimum Gasteiger partial charge on any atom is -0.593 e. The quantitative estimate of drug-likeness (QED) is 0.555. The molecule has 0 radical (unpaired) electrons. The average molecular weight is 465 g/mol. The number of aryl methyl sites for hydroxylation is 1. The molecule has 1 aliphatic rings. The van der Waals surface area contributed by atoms with Crippen LogP contribution in [0, 0.1) is 0 Å². The highest BCUT2D eigenvalue weighted by molar-refractivity contribution is 7.93. The summed E-state index contributed by atoms with van der Waals surface area (Å²) in [5, 5.41) is 7.55. The molecule has 30 heavy (non-hydrogen) atoms. The monoisotopic (exact) mass is 464 g/mol. The Kier molecular flexibility index (Phi) is 6.10. The van der Waals surface area contributed by atoms with Crippen LogP contribution in [0.4, 0.5) is 11.4 Å². The highest BCUT2D eigenvalue weighted by atomic mass is 35.5. The number of aromatic nitrogens is 2. The van der Waals surface area contributed by atoms with E-state index in [-0.39, 0.29) is 5.56 Å². The number of nitrogens with zero attached hydrogens (tertiary/aromatic N) is 3. The van der Waals surface area contributed by atoms with Gasteiger partial charge in [-0.3, -0.25) is 9.48 Å². The fourth-order valence-corrected chi connectivity index (χ4v) is 4.82. The predicted molar refractivity (Wildman–Crippen MR) is 119 cm³/mol. The van der Waals surface area contributed by atoms with Gasteiger partial charge in [-0.15, -0.1) is 0 Å². The molecule has 0 saturated carbocycles. The van der Waals surface area contributed by atoms with Gasteiger partial charge in [-0.05, 0) is 30.3 Å². The first kappa shape index (κ1) is 20.9. The molecule has 1 aliphatic heterocycles. The Morgan fingerprint density at radius 1 is 1.23 bits per heavy atom. The van der Waals surface area contributed by atoms with Crippen molar-refractivity contribution in [2.45, 2.75) is 6.42 Å². The first-order valence-electron chi connectivity index (χ1n) is 9.13. The van der Waals surface area contributed by atoms with Crippen LogP contribution in [0.3, 0.4) is 0 Å². The summed E-state index contributed by atoms with van der Waals surface area (Å²) in [6, 6.07) is 9.96. The Morgan fingerprint density at radius 2 is 2.07 bits per heavy atom. The number of ether oxygens (including phenoxy) is 1. The lowest BCUT2D eigenvalue weighted by Gasteiger charge is -2.19. The highest BCUT2D eigenvalue weighted by Crippen LogP contribution is 2.31.